The monoisotopic (exact) mass is 987 g/mol. The summed E-state index contributed by atoms with van der Waals surface area (Å²) in [5.74, 6) is -1.97. The Morgan fingerprint density at radius 2 is 0.838 bits per heavy atom. The lowest BCUT2D eigenvalue weighted by atomic mass is 10.00. The summed E-state index contributed by atoms with van der Waals surface area (Å²) in [5, 5.41) is 31.0. The van der Waals surface area contributed by atoms with E-state index in [0.29, 0.717) is 12.8 Å². The van der Waals surface area contributed by atoms with Crippen LogP contribution in [0, 0.1) is 0 Å². The summed E-state index contributed by atoms with van der Waals surface area (Å²) in [6.45, 7) is 3.80. The van der Waals surface area contributed by atoms with Crippen LogP contribution in [0.5, 0.6) is 0 Å². The van der Waals surface area contributed by atoms with E-state index < -0.39 is 71.2 Å². The molecule has 1 rings (SSSR count). The second-order valence-electron chi connectivity index (χ2n) is 19.6. The quantitative estimate of drug-likeness (QED) is 0.0196. The van der Waals surface area contributed by atoms with Gasteiger partial charge in [0.15, 0.2) is 12.4 Å². The zero-order chi connectivity index (χ0) is 49.8. The van der Waals surface area contributed by atoms with Crippen LogP contribution in [-0.2, 0) is 38.7 Å². The SMILES string of the molecule is CCCCCCCC/C=C\CCCCCCCCCCCC(=O)OCC(COC1OC(CS(=O)(=O)O)C(O)C(O)C1O)OC(=O)CCCCCCCCCCC/C=C\CCCCCCCCCC. The van der Waals surface area contributed by atoms with Gasteiger partial charge in [0.1, 0.15) is 36.8 Å². The van der Waals surface area contributed by atoms with Gasteiger partial charge < -0.3 is 34.3 Å². The second kappa shape index (κ2) is 45.0. The predicted molar refractivity (Wildman–Crippen MR) is 275 cm³/mol. The Labute approximate surface area is 415 Å². The number of carbonyl (C=O) groups excluding carboxylic acids is 2. The number of ether oxygens (including phenoxy) is 4. The van der Waals surface area contributed by atoms with Crippen molar-refractivity contribution in [3.05, 3.63) is 24.3 Å². The average Bonchev–Trinajstić information content (AvgIpc) is 3.31. The summed E-state index contributed by atoms with van der Waals surface area (Å²) in [6.07, 6.45) is 43.6. The van der Waals surface area contributed by atoms with Crippen molar-refractivity contribution in [1.29, 1.82) is 0 Å². The summed E-state index contributed by atoms with van der Waals surface area (Å²) in [4.78, 5) is 25.6. The number of aliphatic hydroxyl groups is 3. The van der Waals surface area contributed by atoms with Crippen molar-refractivity contribution in [3.63, 3.8) is 0 Å². The van der Waals surface area contributed by atoms with Gasteiger partial charge in [0.2, 0.25) is 0 Å². The molecule has 1 saturated heterocycles. The number of hydrogen-bond acceptors (Lipinski definition) is 11. The number of hydrogen-bond donors (Lipinski definition) is 4. The number of carbonyl (C=O) groups is 2. The number of esters is 2. The van der Waals surface area contributed by atoms with E-state index in [-0.39, 0.29) is 19.4 Å². The van der Waals surface area contributed by atoms with Gasteiger partial charge in [0.05, 0.1) is 6.61 Å². The molecule has 1 aliphatic heterocycles. The van der Waals surface area contributed by atoms with Crippen molar-refractivity contribution < 1.29 is 56.8 Å². The van der Waals surface area contributed by atoms with Crippen molar-refractivity contribution >= 4 is 22.1 Å². The highest BCUT2D eigenvalue weighted by Crippen LogP contribution is 2.24. The zero-order valence-electron chi connectivity index (χ0n) is 43.2. The molecule has 4 N–H and O–H groups in total. The maximum absolute atomic E-state index is 12.9. The smallest absolute Gasteiger partial charge is 0.306 e. The first-order valence-corrected chi connectivity index (χ1v) is 29.5. The summed E-state index contributed by atoms with van der Waals surface area (Å²) in [6, 6.07) is 0. The van der Waals surface area contributed by atoms with Crippen LogP contribution >= 0.6 is 0 Å². The fraction of sp³-hybridized carbons (Fsp3) is 0.891. The van der Waals surface area contributed by atoms with Gasteiger partial charge in [-0.15, -0.1) is 0 Å². The summed E-state index contributed by atoms with van der Waals surface area (Å²) < 4.78 is 54.3. The fourth-order valence-corrected chi connectivity index (χ4v) is 9.36. The normalized spacial score (nSPS) is 19.3. The third kappa shape index (κ3) is 38.8. The van der Waals surface area contributed by atoms with E-state index in [1.807, 2.05) is 0 Å². The van der Waals surface area contributed by atoms with Crippen LogP contribution in [0.1, 0.15) is 258 Å². The molecule has 0 spiro atoms. The lowest BCUT2D eigenvalue weighted by Crippen LogP contribution is -2.60. The Balaban J connectivity index is 2.33. The van der Waals surface area contributed by atoms with Crippen molar-refractivity contribution in [2.45, 2.75) is 295 Å². The maximum atomic E-state index is 12.9. The van der Waals surface area contributed by atoms with E-state index in [4.69, 9.17) is 18.9 Å². The third-order valence-electron chi connectivity index (χ3n) is 13.0. The van der Waals surface area contributed by atoms with Crippen LogP contribution in [0.25, 0.3) is 0 Å². The van der Waals surface area contributed by atoms with Gasteiger partial charge in [-0.25, -0.2) is 0 Å². The van der Waals surface area contributed by atoms with Crippen LogP contribution < -0.4 is 0 Å². The largest absolute Gasteiger partial charge is 0.462 e. The highest BCUT2D eigenvalue weighted by molar-refractivity contribution is 7.85. The minimum Gasteiger partial charge on any atom is -0.462 e. The van der Waals surface area contributed by atoms with Crippen LogP contribution in [0.4, 0.5) is 0 Å². The number of rotatable bonds is 48. The zero-order valence-corrected chi connectivity index (χ0v) is 44.0. The molecule has 0 aromatic heterocycles. The number of unbranched alkanes of at least 4 members (excludes halogenated alkanes) is 32. The van der Waals surface area contributed by atoms with Gasteiger partial charge in [-0.3, -0.25) is 14.1 Å². The molecular weight excluding hydrogens is 885 g/mol. The first-order chi connectivity index (χ1) is 33.0. The summed E-state index contributed by atoms with van der Waals surface area (Å²) >= 11 is 0. The molecule has 400 valence electrons. The first kappa shape index (κ1) is 64.1. The molecule has 6 unspecified atom stereocenters. The van der Waals surface area contributed by atoms with Crippen molar-refractivity contribution in [2.75, 3.05) is 19.0 Å². The number of allylic oxidation sites excluding steroid dienone is 4. The maximum Gasteiger partial charge on any atom is 0.306 e. The molecule has 6 atom stereocenters. The highest BCUT2D eigenvalue weighted by Gasteiger charge is 2.46. The Morgan fingerprint density at radius 3 is 1.22 bits per heavy atom. The van der Waals surface area contributed by atoms with E-state index in [2.05, 4.69) is 38.2 Å². The Kier molecular flexibility index (Phi) is 42.5. The molecule has 13 heteroatoms. The molecule has 1 aliphatic rings. The molecule has 0 bridgehead atoms. The topological polar surface area (TPSA) is 186 Å². The first-order valence-electron chi connectivity index (χ1n) is 27.9. The molecule has 68 heavy (non-hydrogen) atoms. The van der Waals surface area contributed by atoms with E-state index in [1.165, 1.54) is 180 Å². The summed E-state index contributed by atoms with van der Waals surface area (Å²) in [7, 11) is -4.61. The van der Waals surface area contributed by atoms with Crippen LogP contribution in [0.3, 0.4) is 0 Å². The lowest BCUT2D eigenvalue weighted by Gasteiger charge is -2.40. The molecule has 0 radical (unpaired) electrons. The minimum absolute atomic E-state index is 0.164. The molecule has 0 amide bonds. The van der Waals surface area contributed by atoms with Crippen molar-refractivity contribution in [1.82, 2.24) is 0 Å². The average molecular weight is 987 g/mol. The molecule has 1 fully saturated rings. The molecular formula is C55H102O12S. The lowest BCUT2D eigenvalue weighted by molar-refractivity contribution is -0.297. The molecule has 0 saturated carbocycles. The Morgan fingerprint density at radius 1 is 0.485 bits per heavy atom. The van der Waals surface area contributed by atoms with Crippen molar-refractivity contribution in [3.8, 4) is 0 Å². The molecule has 12 nitrogen and oxygen atoms in total. The molecule has 0 aliphatic carbocycles. The van der Waals surface area contributed by atoms with E-state index in [1.54, 1.807) is 0 Å². The van der Waals surface area contributed by atoms with E-state index in [9.17, 15) is 37.9 Å². The van der Waals surface area contributed by atoms with Gasteiger partial charge >= 0.3 is 11.9 Å². The van der Waals surface area contributed by atoms with Gasteiger partial charge in [-0.1, -0.05) is 205 Å². The van der Waals surface area contributed by atoms with Gasteiger partial charge in [0.25, 0.3) is 10.1 Å². The number of aliphatic hydroxyl groups excluding tert-OH is 3. The molecule has 0 aromatic rings. The second-order valence-corrected chi connectivity index (χ2v) is 21.1. The van der Waals surface area contributed by atoms with Crippen LogP contribution in [0.15, 0.2) is 24.3 Å². The van der Waals surface area contributed by atoms with E-state index in [0.717, 1.165) is 38.5 Å². The minimum atomic E-state index is -4.61. The Bertz CT molecular complexity index is 1340. The summed E-state index contributed by atoms with van der Waals surface area (Å²) in [5.41, 5.74) is 0. The van der Waals surface area contributed by atoms with Crippen LogP contribution in [0.2, 0.25) is 0 Å². The van der Waals surface area contributed by atoms with Crippen LogP contribution in [-0.4, -0.2) is 96.0 Å². The molecule has 1 heterocycles. The van der Waals surface area contributed by atoms with E-state index >= 15 is 0 Å². The predicted octanol–water partition coefficient (Wildman–Crippen LogP) is 13.1. The fourth-order valence-electron chi connectivity index (χ4n) is 8.67. The third-order valence-corrected chi connectivity index (χ3v) is 13.8. The molecule has 0 aromatic carbocycles. The Hall–Kier alpha value is -1.87. The van der Waals surface area contributed by atoms with Gasteiger partial charge in [-0.2, -0.15) is 8.42 Å². The van der Waals surface area contributed by atoms with Gasteiger partial charge in [0, 0.05) is 12.8 Å². The van der Waals surface area contributed by atoms with Gasteiger partial charge in [-0.05, 0) is 64.2 Å². The van der Waals surface area contributed by atoms with Crippen molar-refractivity contribution in [2.24, 2.45) is 0 Å². The standard InChI is InChI=1S/C55H102O12S/c1-3-5-7-9-11-13-15-17-19-21-23-24-26-28-30-32-34-36-38-40-42-44-51(57)66-48(46-65-55-54(60)53(59)52(58)49(67-55)47-68(61,62)63)45-64-50(56)43-41-39-37-35-33-31-29-27-25-22-20-18-16-14-12-10-8-6-4-2/h18,20-21,23,48-49,52-55,58-60H,3-17,19,22,24-47H2,1-2H3,(H,61,62,63)/b20-18-,23-21-. The highest BCUT2D eigenvalue weighted by atomic mass is 32.2.